The molecule has 0 saturated carbocycles. The fourth-order valence-electron chi connectivity index (χ4n) is 3.35. The van der Waals surface area contributed by atoms with Gasteiger partial charge in [-0.3, -0.25) is 9.59 Å². The number of hydrogen-bond acceptors (Lipinski definition) is 8. The molecular formula is C32H29FO8. The second-order valence-corrected chi connectivity index (χ2v) is 9.09. The maximum absolute atomic E-state index is 14.8. The molecule has 0 atom stereocenters. The highest BCUT2D eigenvalue weighted by Crippen LogP contribution is 2.31. The van der Waals surface area contributed by atoms with Crippen molar-refractivity contribution < 1.29 is 42.5 Å². The largest absolute Gasteiger partial charge is 0.427 e. The van der Waals surface area contributed by atoms with E-state index in [4.69, 9.17) is 18.9 Å². The minimum absolute atomic E-state index is 0.00213. The molecule has 0 aromatic heterocycles. The number of halogens is 1. The van der Waals surface area contributed by atoms with Crippen molar-refractivity contribution in [1.29, 1.82) is 0 Å². The number of rotatable bonds is 11. The lowest BCUT2D eigenvalue weighted by atomic mass is 10.1. The zero-order chi connectivity index (χ0) is 30.1. The topological polar surface area (TPSA) is 105 Å². The van der Waals surface area contributed by atoms with E-state index in [1.54, 1.807) is 43.3 Å². The molecular weight excluding hydrogens is 531 g/mol. The number of benzene rings is 3. The normalized spacial score (nSPS) is 10.3. The van der Waals surface area contributed by atoms with Gasteiger partial charge in [-0.05, 0) is 73.4 Å². The molecule has 212 valence electrons. The highest BCUT2D eigenvalue weighted by Gasteiger charge is 2.17. The van der Waals surface area contributed by atoms with Gasteiger partial charge < -0.3 is 18.9 Å². The van der Waals surface area contributed by atoms with Gasteiger partial charge in [-0.2, -0.15) is 0 Å². The van der Waals surface area contributed by atoms with Crippen LogP contribution in [-0.2, 0) is 25.6 Å². The zero-order valence-electron chi connectivity index (χ0n) is 23.0. The van der Waals surface area contributed by atoms with Crippen LogP contribution in [0, 0.1) is 5.82 Å². The van der Waals surface area contributed by atoms with Gasteiger partial charge in [0.25, 0.3) is 0 Å². The predicted molar refractivity (Wildman–Crippen MR) is 149 cm³/mol. The second kappa shape index (κ2) is 13.8. The number of carbonyl (C=O) groups excluding carboxylic acids is 4. The molecule has 3 rings (SSSR count). The first-order chi connectivity index (χ1) is 19.5. The molecule has 0 spiro atoms. The van der Waals surface area contributed by atoms with Crippen LogP contribution in [0.25, 0.3) is 11.1 Å². The second-order valence-electron chi connectivity index (χ2n) is 9.09. The van der Waals surface area contributed by atoms with Crippen LogP contribution in [0.5, 0.6) is 23.0 Å². The first-order valence-corrected chi connectivity index (χ1v) is 12.7. The Morgan fingerprint density at radius 2 is 1.27 bits per heavy atom. The summed E-state index contributed by atoms with van der Waals surface area (Å²) >= 11 is 0. The number of esters is 4. The monoisotopic (exact) mass is 560 g/mol. The van der Waals surface area contributed by atoms with Gasteiger partial charge in [0.2, 0.25) is 0 Å². The van der Waals surface area contributed by atoms with Gasteiger partial charge in [0.05, 0.1) is 0 Å². The lowest BCUT2D eigenvalue weighted by Gasteiger charge is -2.12. The average Bonchev–Trinajstić information content (AvgIpc) is 2.94. The molecule has 0 radical (unpaired) electrons. The molecule has 0 aliphatic carbocycles. The third-order valence-corrected chi connectivity index (χ3v) is 5.59. The predicted octanol–water partition coefficient (Wildman–Crippen LogP) is 6.31. The van der Waals surface area contributed by atoms with Gasteiger partial charge in [0.1, 0.15) is 5.75 Å². The molecule has 0 bridgehead atoms. The van der Waals surface area contributed by atoms with Crippen LogP contribution < -0.4 is 18.9 Å². The molecule has 9 heteroatoms. The maximum Gasteiger partial charge on any atom is 0.338 e. The summed E-state index contributed by atoms with van der Waals surface area (Å²) in [6, 6.07) is 15.3. The van der Waals surface area contributed by atoms with Crippen molar-refractivity contribution in [2.75, 3.05) is 0 Å². The molecule has 0 aliphatic rings. The summed E-state index contributed by atoms with van der Waals surface area (Å²) in [5.41, 5.74) is 2.09. The minimum Gasteiger partial charge on any atom is -0.427 e. The van der Waals surface area contributed by atoms with E-state index < -0.39 is 23.7 Å². The van der Waals surface area contributed by atoms with Gasteiger partial charge in [0.15, 0.2) is 23.1 Å². The third-order valence-electron chi connectivity index (χ3n) is 5.59. The Hall–Kier alpha value is -5.05. The summed E-state index contributed by atoms with van der Waals surface area (Å²) < 4.78 is 35.6. The molecule has 0 saturated heterocycles. The molecule has 41 heavy (non-hydrogen) atoms. The summed E-state index contributed by atoms with van der Waals surface area (Å²) in [6.07, 6.45) is 0.302. The van der Waals surface area contributed by atoms with Gasteiger partial charge >= 0.3 is 23.9 Å². The van der Waals surface area contributed by atoms with Crippen LogP contribution in [0.2, 0.25) is 0 Å². The number of aryl methyl sites for hydroxylation is 1. The Kier molecular flexibility index (Phi) is 10.3. The molecule has 3 aromatic rings. The van der Waals surface area contributed by atoms with Crippen molar-refractivity contribution in [2.45, 2.75) is 40.0 Å². The van der Waals surface area contributed by atoms with Crippen molar-refractivity contribution in [2.24, 2.45) is 0 Å². The average molecular weight is 561 g/mol. The van der Waals surface area contributed by atoms with E-state index >= 15 is 0 Å². The van der Waals surface area contributed by atoms with Crippen LogP contribution in [-0.4, -0.2) is 23.9 Å². The van der Waals surface area contributed by atoms with Crippen molar-refractivity contribution >= 4 is 23.9 Å². The Morgan fingerprint density at radius 1 is 0.683 bits per heavy atom. The first-order valence-electron chi connectivity index (χ1n) is 12.7. The van der Waals surface area contributed by atoms with E-state index in [-0.39, 0.29) is 53.6 Å². The van der Waals surface area contributed by atoms with Crippen LogP contribution >= 0.6 is 0 Å². The Bertz CT molecular complexity index is 1500. The van der Waals surface area contributed by atoms with Gasteiger partial charge in [-0.1, -0.05) is 44.3 Å². The Labute approximate surface area is 237 Å². The summed E-state index contributed by atoms with van der Waals surface area (Å²) in [6.45, 7) is 11.7. The molecule has 0 unspecified atom stereocenters. The smallest absolute Gasteiger partial charge is 0.338 e. The van der Waals surface area contributed by atoms with E-state index in [1.165, 1.54) is 38.1 Å². The standard InChI is InChI=1S/C32H29FO8/c1-6-29(34)38-24-12-9-22(10-13-24)23-11-15-26(25(33)18-23)39-30(35)16-8-21-7-14-27(40-31(36)19(2)3)28(17-21)41-32(37)20(4)5/h7,9-15,17-18H,2,4,6,8,16H2,1,3,5H3. The lowest BCUT2D eigenvalue weighted by molar-refractivity contribution is -0.135. The molecule has 0 fully saturated rings. The van der Waals surface area contributed by atoms with Crippen molar-refractivity contribution in [3.05, 3.63) is 96.3 Å². The Morgan fingerprint density at radius 3 is 1.85 bits per heavy atom. The number of hydrogen-bond donors (Lipinski definition) is 0. The van der Waals surface area contributed by atoms with E-state index in [2.05, 4.69) is 13.2 Å². The number of ether oxygens (including phenoxy) is 4. The molecule has 0 N–H and O–H groups in total. The minimum atomic E-state index is -0.727. The summed E-state index contributed by atoms with van der Waals surface area (Å²) in [5, 5.41) is 0. The highest BCUT2D eigenvalue weighted by molar-refractivity contribution is 5.91. The third kappa shape index (κ3) is 8.72. The fraction of sp³-hybridized carbons (Fsp3) is 0.188. The quantitative estimate of drug-likeness (QED) is 0.153. The van der Waals surface area contributed by atoms with Gasteiger partial charge in [-0.25, -0.2) is 14.0 Å². The number of carbonyl (C=O) groups is 4. The van der Waals surface area contributed by atoms with E-state index in [0.29, 0.717) is 22.4 Å². The van der Waals surface area contributed by atoms with Crippen LogP contribution in [0.1, 0.15) is 39.2 Å². The molecule has 3 aromatic carbocycles. The first kappa shape index (κ1) is 30.5. The van der Waals surface area contributed by atoms with E-state index in [9.17, 15) is 23.6 Å². The summed E-state index contributed by atoms with van der Waals surface area (Å²) in [5.74, 6) is -3.06. The van der Waals surface area contributed by atoms with Crippen LogP contribution in [0.15, 0.2) is 85.0 Å². The summed E-state index contributed by atoms with van der Waals surface area (Å²) in [4.78, 5) is 47.9. The van der Waals surface area contributed by atoms with Crippen LogP contribution in [0.4, 0.5) is 4.39 Å². The van der Waals surface area contributed by atoms with Crippen molar-refractivity contribution in [3.63, 3.8) is 0 Å². The van der Waals surface area contributed by atoms with E-state index in [1.807, 2.05) is 0 Å². The van der Waals surface area contributed by atoms with Gasteiger partial charge in [-0.15, -0.1) is 0 Å². The summed E-state index contributed by atoms with van der Waals surface area (Å²) in [7, 11) is 0. The SMILES string of the molecule is C=C(C)C(=O)Oc1ccc(CCC(=O)Oc2ccc(-c3ccc(OC(=O)CC)cc3)cc2F)cc1OC(=O)C(=C)C. The van der Waals surface area contributed by atoms with Crippen LogP contribution in [0.3, 0.4) is 0 Å². The molecule has 0 aliphatic heterocycles. The van der Waals surface area contributed by atoms with Gasteiger partial charge in [0, 0.05) is 24.0 Å². The van der Waals surface area contributed by atoms with Crippen molar-refractivity contribution in [3.8, 4) is 34.1 Å². The van der Waals surface area contributed by atoms with E-state index in [0.717, 1.165) is 0 Å². The zero-order valence-corrected chi connectivity index (χ0v) is 23.0. The fourth-order valence-corrected chi connectivity index (χ4v) is 3.35. The lowest BCUT2D eigenvalue weighted by Crippen LogP contribution is -2.13. The molecule has 8 nitrogen and oxygen atoms in total. The Balaban J connectivity index is 1.66. The highest BCUT2D eigenvalue weighted by atomic mass is 19.1. The van der Waals surface area contributed by atoms with Crippen molar-refractivity contribution in [1.82, 2.24) is 0 Å². The molecule has 0 amide bonds. The molecule has 0 heterocycles. The maximum atomic E-state index is 14.8.